The molecule has 36 heavy (non-hydrogen) atoms. The number of hydrogen-bond acceptors (Lipinski definition) is 5. The van der Waals surface area contributed by atoms with Crippen molar-refractivity contribution in [2.24, 2.45) is 0 Å². The summed E-state index contributed by atoms with van der Waals surface area (Å²) in [5, 5.41) is 3.22. The molecule has 2 amide bonds. The van der Waals surface area contributed by atoms with E-state index in [4.69, 9.17) is 4.98 Å². The molecule has 0 spiro atoms. The Balaban J connectivity index is 1.34. The third kappa shape index (κ3) is 3.85. The van der Waals surface area contributed by atoms with E-state index in [1.807, 2.05) is 67.7 Å². The maximum absolute atomic E-state index is 13.1. The highest BCUT2D eigenvalue weighted by Crippen LogP contribution is 2.45. The van der Waals surface area contributed by atoms with Gasteiger partial charge in [-0.3, -0.25) is 9.59 Å². The third-order valence-corrected chi connectivity index (χ3v) is 7.43. The SMILES string of the molecule is CN1CCC(NC(=O)c2cccc(CN3c4cccc5c4C(=Cc4cccnc43)N(C)C5=O)c2)CC1. The van der Waals surface area contributed by atoms with Crippen LogP contribution >= 0.6 is 0 Å². The van der Waals surface area contributed by atoms with Gasteiger partial charge in [-0.2, -0.15) is 0 Å². The number of carbonyl (C=O) groups excluding carboxylic acids is 2. The number of rotatable bonds is 4. The molecule has 182 valence electrons. The van der Waals surface area contributed by atoms with Gasteiger partial charge in [-0.15, -0.1) is 0 Å². The van der Waals surface area contributed by atoms with E-state index in [-0.39, 0.29) is 17.9 Å². The highest BCUT2D eigenvalue weighted by atomic mass is 16.2. The Morgan fingerprint density at radius 1 is 1.06 bits per heavy atom. The molecule has 0 saturated carbocycles. The van der Waals surface area contributed by atoms with E-state index in [0.29, 0.717) is 17.7 Å². The molecule has 7 nitrogen and oxygen atoms in total. The lowest BCUT2D eigenvalue weighted by Gasteiger charge is -2.29. The van der Waals surface area contributed by atoms with Crippen LogP contribution in [0.1, 0.15) is 50.2 Å². The van der Waals surface area contributed by atoms with Crippen LogP contribution in [0.4, 0.5) is 11.5 Å². The Kier molecular flexibility index (Phi) is 5.57. The first-order valence-corrected chi connectivity index (χ1v) is 12.4. The second-order valence-corrected chi connectivity index (χ2v) is 9.85. The minimum Gasteiger partial charge on any atom is -0.349 e. The van der Waals surface area contributed by atoms with Gasteiger partial charge in [0.15, 0.2) is 0 Å². The molecular formula is C29H29N5O2. The Morgan fingerprint density at radius 3 is 2.69 bits per heavy atom. The Bertz CT molecular complexity index is 1390. The van der Waals surface area contributed by atoms with E-state index in [2.05, 4.69) is 22.2 Å². The molecule has 1 aromatic heterocycles. The molecule has 0 bridgehead atoms. The van der Waals surface area contributed by atoms with Crippen molar-refractivity contribution in [2.75, 3.05) is 32.1 Å². The summed E-state index contributed by atoms with van der Waals surface area (Å²) in [4.78, 5) is 36.9. The zero-order valence-corrected chi connectivity index (χ0v) is 20.6. The topological polar surface area (TPSA) is 68.8 Å². The quantitative estimate of drug-likeness (QED) is 0.609. The van der Waals surface area contributed by atoms with Crippen LogP contribution < -0.4 is 10.2 Å². The molecule has 1 N–H and O–H groups in total. The average Bonchev–Trinajstić information content (AvgIpc) is 3.05. The summed E-state index contributed by atoms with van der Waals surface area (Å²) in [5.41, 5.74) is 6.07. The number of piperidine rings is 1. The van der Waals surface area contributed by atoms with Gasteiger partial charge in [0.05, 0.1) is 16.9 Å². The fraction of sp³-hybridized carbons (Fsp3) is 0.276. The number of anilines is 2. The summed E-state index contributed by atoms with van der Waals surface area (Å²) in [5.74, 6) is 0.797. The van der Waals surface area contributed by atoms with Crippen molar-refractivity contribution >= 4 is 35.1 Å². The first-order chi connectivity index (χ1) is 17.5. The van der Waals surface area contributed by atoms with E-state index in [0.717, 1.165) is 59.8 Å². The van der Waals surface area contributed by atoms with Gasteiger partial charge in [0, 0.05) is 42.5 Å². The molecule has 3 aromatic rings. The van der Waals surface area contributed by atoms with Gasteiger partial charge >= 0.3 is 0 Å². The van der Waals surface area contributed by atoms with E-state index < -0.39 is 0 Å². The highest BCUT2D eigenvalue weighted by molar-refractivity contribution is 6.15. The predicted octanol–water partition coefficient (Wildman–Crippen LogP) is 4.14. The molecule has 1 saturated heterocycles. The van der Waals surface area contributed by atoms with Crippen molar-refractivity contribution in [3.8, 4) is 0 Å². The van der Waals surface area contributed by atoms with Gasteiger partial charge in [0.2, 0.25) is 0 Å². The number of benzene rings is 2. The number of likely N-dealkylation sites (tertiary alicyclic amines) is 1. The minimum absolute atomic E-state index is 0.00188. The smallest absolute Gasteiger partial charge is 0.258 e. The van der Waals surface area contributed by atoms with Crippen LogP contribution in [0.25, 0.3) is 11.8 Å². The molecule has 1 fully saturated rings. The second kappa shape index (κ2) is 8.91. The van der Waals surface area contributed by atoms with Crippen molar-refractivity contribution in [1.29, 1.82) is 0 Å². The molecule has 4 heterocycles. The van der Waals surface area contributed by atoms with Gasteiger partial charge in [-0.1, -0.05) is 18.2 Å². The minimum atomic E-state index is -0.0300. The largest absolute Gasteiger partial charge is 0.349 e. The van der Waals surface area contributed by atoms with Crippen LogP contribution in [0.5, 0.6) is 0 Å². The van der Waals surface area contributed by atoms with E-state index in [1.54, 1.807) is 11.1 Å². The Hall–Kier alpha value is -3.97. The summed E-state index contributed by atoms with van der Waals surface area (Å²) in [6, 6.07) is 17.8. The summed E-state index contributed by atoms with van der Waals surface area (Å²) in [6.45, 7) is 2.53. The van der Waals surface area contributed by atoms with E-state index in [9.17, 15) is 9.59 Å². The summed E-state index contributed by atoms with van der Waals surface area (Å²) < 4.78 is 0. The van der Waals surface area contributed by atoms with E-state index in [1.165, 1.54) is 0 Å². The molecular weight excluding hydrogens is 450 g/mol. The Morgan fingerprint density at radius 2 is 1.86 bits per heavy atom. The summed E-state index contributed by atoms with van der Waals surface area (Å²) >= 11 is 0. The number of hydrogen-bond donors (Lipinski definition) is 1. The van der Waals surface area contributed by atoms with Gasteiger partial charge in [0.1, 0.15) is 5.82 Å². The number of carbonyl (C=O) groups is 2. The highest BCUT2D eigenvalue weighted by Gasteiger charge is 2.35. The maximum Gasteiger partial charge on any atom is 0.258 e. The normalized spacial score (nSPS) is 17.4. The first kappa shape index (κ1) is 22.5. The van der Waals surface area contributed by atoms with Crippen molar-refractivity contribution in [3.05, 3.63) is 88.6 Å². The Labute approximate surface area is 211 Å². The fourth-order valence-corrected chi connectivity index (χ4v) is 5.42. The third-order valence-electron chi connectivity index (χ3n) is 7.43. The van der Waals surface area contributed by atoms with Gasteiger partial charge < -0.3 is 20.0 Å². The summed E-state index contributed by atoms with van der Waals surface area (Å²) in [6.07, 6.45) is 5.78. The number of aromatic nitrogens is 1. The van der Waals surface area contributed by atoms with Crippen molar-refractivity contribution in [3.63, 3.8) is 0 Å². The number of fused-ring (bicyclic) bond motifs is 1. The summed E-state index contributed by atoms with van der Waals surface area (Å²) in [7, 11) is 3.93. The standard InChI is InChI=1S/C29H29N5O2/c1-32-14-11-22(12-15-32)31-28(35)21-7-3-6-19(16-21)18-34-24-10-4-9-23-26(24)25(33(2)29(23)36)17-20-8-5-13-30-27(20)34/h3-10,13,16-17,22H,11-12,14-15,18H2,1-2H3,(H,31,35). The van der Waals surface area contributed by atoms with Crippen molar-refractivity contribution < 1.29 is 9.59 Å². The van der Waals surface area contributed by atoms with Crippen LogP contribution in [0, 0.1) is 0 Å². The number of pyridine rings is 1. The number of amides is 2. The van der Waals surface area contributed by atoms with E-state index >= 15 is 0 Å². The zero-order chi connectivity index (χ0) is 24.8. The molecule has 3 aliphatic heterocycles. The lowest BCUT2D eigenvalue weighted by molar-refractivity contribution is 0.0873. The van der Waals surface area contributed by atoms with Crippen LogP contribution in [0.2, 0.25) is 0 Å². The van der Waals surface area contributed by atoms with Crippen molar-refractivity contribution in [2.45, 2.75) is 25.4 Å². The number of nitrogens with zero attached hydrogens (tertiary/aromatic N) is 4. The van der Waals surface area contributed by atoms with Crippen LogP contribution in [-0.2, 0) is 6.54 Å². The first-order valence-electron chi connectivity index (χ1n) is 12.4. The van der Waals surface area contributed by atoms with Crippen LogP contribution in [-0.4, -0.2) is 59.8 Å². The maximum atomic E-state index is 13.1. The molecule has 0 unspecified atom stereocenters. The molecule has 2 aromatic carbocycles. The fourth-order valence-electron chi connectivity index (χ4n) is 5.42. The molecule has 6 rings (SSSR count). The molecule has 0 aliphatic carbocycles. The average molecular weight is 480 g/mol. The monoisotopic (exact) mass is 479 g/mol. The lowest BCUT2D eigenvalue weighted by atomic mass is 10.0. The zero-order valence-electron chi connectivity index (χ0n) is 20.6. The van der Waals surface area contributed by atoms with Gasteiger partial charge in [0.25, 0.3) is 11.8 Å². The van der Waals surface area contributed by atoms with Crippen molar-refractivity contribution in [1.82, 2.24) is 20.1 Å². The number of nitrogens with one attached hydrogen (secondary N) is 1. The van der Waals surface area contributed by atoms with Gasteiger partial charge in [-0.05, 0) is 81.0 Å². The lowest BCUT2D eigenvalue weighted by Crippen LogP contribution is -2.43. The van der Waals surface area contributed by atoms with Crippen LogP contribution in [0.3, 0.4) is 0 Å². The second-order valence-electron chi connectivity index (χ2n) is 9.85. The molecule has 7 heteroatoms. The molecule has 3 aliphatic rings. The van der Waals surface area contributed by atoms with Crippen LogP contribution in [0.15, 0.2) is 60.8 Å². The van der Waals surface area contributed by atoms with Gasteiger partial charge in [-0.25, -0.2) is 4.98 Å². The molecule has 0 radical (unpaired) electrons. The molecule has 0 atom stereocenters. The predicted molar refractivity (Wildman–Crippen MR) is 141 cm³/mol.